The summed E-state index contributed by atoms with van der Waals surface area (Å²) in [5.74, 6) is 1.05. The van der Waals surface area contributed by atoms with Gasteiger partial charge in [-0.2, -0.15) is 0 Å². The van der Waals surface area contributed by atoms with Crippen molar-refractivity contribution in [3.8, 4) is 10.7 Å². The molecule has 0 aliphatic carbocycles. The highest BCUT2D eigenvalue weighted by molar-refractivity contribution is 7.98. The fraction of sp³-hybridized carbons (Fsp3) is 0.188. The molecule has 1 amide bonds. The zero-order valence-corrected chi connectivity index (χ0v) is 16.1. The number of nitrogens with zero attached hydrogens (tertiary/aromatic N) is 3. The smallest absolute Gasteiger partial charge is 0.219 e. The van der Waals surface area contributed by atoms with Crippen molar-refractivity contribution in [2.75, 3.05) is 0 Å². The predicted octanol–water partition coefficient (Wildman–Crippen LogP) is 4.48. The lowest BCUT2D eigenvalue weighted by atomic mass is 10.2. The summed E-state index contributed by atoms with van der Waals surface area (Å²) in [4.78, 5) is 12.2. The first-order valence-corrected chi connectivity index (χ1v) is 9.99. The Hall–Kier alpha value is -1.54. The van der Waals surface area contributed by atoms with Crippen molar-refractivity contribution in [1.29, 1.82) is 0 Å². The molecular weight excluding hydrogens is 399 g/mol. The molecule has 0 spiro atoms. The number of benzene rings is 1. The number of amides is 1. The van der Waals surface area contributed by atoms with Crippen LogP contribution in [0.25, 0.3) is 10.7 Å². The first-order valence-electron chi connectivity index (χ1n) is 7.36. The van der Waals surface area contributed by atoms with Crippen LogP contribution in [0, 0.1) is 0 Å². The monoisotopic (exact) mass is 412 g/mol. The van der Waals surface area contributed by atoms with Crippen LogP contribution in [0.1, 0.15) is 12.0 Å². The van der Waals surface area contributed by atoms with Gasteiger partial charge in [-0.25, -0.2) is 0 Å². The normalized spacial score (nSPS) is 11.0. The molecule has 3 rings (SSSR count). The van der Waals surface area contributed by atoms with E-state index in [0.29, 0.717) is 22.3 Å². The van der Waals surface area contributed by atoms with Gasteiger partial charge in [-0.05, 0) is 29.1 Å². The number of rotatable bonds is 7. The molecule has 1 aromatic carbocycles. The standard InChI is InChI=1S/C16H14Cl2N4OS2/c17-11-4-3-10(8-12(11)18)9-25-16-21-20-15(13-2-1-7-24-13)22(16)6-5-14(19)23/h1-4,7-8H,5-6,9H2,(H2,19,23). The molecule has 0 saturated carbocycles. The van der Waals surface area contributed by atoms with Crippen LogP contribution in [0.2, 0.25) is 10.0 Å². The Balaban J connectivity index is 1.82. The van der Waals surface area contributed by atoms with Crippen LogP contribution in [0.15, 0.2) is 40.9 Å². The highest BCUT2D eigenvalue weighted by Gasteiger charge is 2.16. The Morgan fingerprint density at radius 3 is 2.76 bits per heavy atom. The Morgan fingerprint density at radius 1 is 1.24 bits per heavy atom. The summed E-state index contributed by atoms with van der Waals surface area (Å²) in [6.45, 7) is 0.444. The van der Waals surface area contributed by atoms with Gasteiger partial charge in [0.05, 0.1) is 14.9 Å². The molecule has 0 fully saturated rings. The second-order valence-corrected chi connectivity index (χ2v) is 7.89. The molecule has 0 unspecified atom stereocenters. The van der Waals surface area contributed by atoms with Crippen LogP contribution in [-0.2, 0) is 17.1 Å². The molecule has 5 nitrogen and oxygen atoms in total. The van der Waals surface area contributed by atoms with Crippen LogP contribution in [0.3, 0.4) is 0 Å². The van der Waals surface area contributed by atoms with Gasteiger partial charge in [0.15, 0.2) is 11.0 Å². The fourth-order valence-corrected chi connectivity index (χ4v) is 4.13. The molecule has 130 valence electrons. The quantitative estimate of drug-likeness (QED) is 0.580. The van der Waals surface area contributed by atoms with E-state index in [2.05, 4.69) is 10.2 Å². The number of halogens is 2. The van der Waals surface area contributed by atoms with Crippen molar-refractivity contribution < 1.29 is 4.79 Å². The number of thioether (sulfide) groups is 1. The Kier molecular flexibility index (Phi) is 6.01. The fourth-order valence-electron chi connectivity index (χ4n) is 2.18. The maximum Gasteiger partial charge on any atom is 0.219 e. The third-order valence-corrected chi connectivity index (χ3v) is 6.03. The molecule has 2 aromatic heterocycles. The van der Waals surface area contributed by atoms with E-state index in [1.165, 1.54) is 11.8 Å². The molecule has 3 aromatic rings. The Bertz CT molecular complexity index is 880. The van der Waals surface area contributed by atoms with Gasteiger partial charge in [-0.15, -0.1) is 21.5 Å². The summed E-state index contributed by atoms with van der Waals surface area (Å²) in [6, 6.07) is 9.46. The first-order chi connectivity index (χ1) is 12.0. The second kappa shape index (κ2) is 8.23. The van der Waals surface area contributed by atoms with E-state index < -0.39 is 0 Å². The molecule has 25 heavy (non-hydrogen) atoms. The van der Waals surface area contributed by atoms with Crippen LogP contribution in [0.5, 0.6) is 0 Å². The molecule has 0 aliphatic heterocycles. The minimum atomic E-state index is -0.355. The van der Waals surface area contributed by atoms with Gasteiger partial charge in [-0.1, -0.05) is 47.1 Å². The van der Waals surface area contributed by atoms with E-state index in [4.69, 9.17) is 28.9 Å². The Morgan fingerprint density at radius 2 is 2.08 bits per heavy atom. The topological polar surface area (TPSA) is 73.8 Å². The molecule has 0 atom stereocenters. The van der Waals surface area contributed by atoms with Crippen molar-refractivity contribution in [1.82, 2.24) is 14.8 Å². The lowest BCUT2D eigenvalue weighted by Gasteiger charge is -2.08. The molecule has 0 saturated heterocycles. The zero-order valence-electron chi connectivity index (χ0n) is 13.0. The van der Waals surface area contributed by atoms with E-state index >= 15 is 0 Å². The van der Waals surface area contributed by atoms with Gasteiger partial charge < -0.3 is 10.3 Å². The van der Waals surface area contributed by atoms with Gasteiger partial charge in [-0.3, -0.25) is 4.79 Å². The lowest BCUT2D eigenvalue weighted by molar-refractivity contribution is -0.118. The number of hydrogen-bond acceptors (Lipinski definition) is 5. The molecule has 2 heterocycles. The highest BCUT2D eigenvalue weighted by Crippen LogP contribution is 2.30. The summed E-state index contributed by atoms with van der Waals surface area (Å²) in [5.41, 5.74) is 6.33. The number of nitrogens with two attached hydrogens (primary N) is 1. The molecule has 0 bridgehead atoms. The average molecular weight is 413 g/mol. The molecule has 9 heteroatoms. The van der Waals surface area contributed by atoms with Crippen LogP contribution < -0.4 is 5.73 Å². The number of carbonyl (C=O) groups is 1. The minimum absolute atomic E-state index is 0.233. The van der Waals surface area contributed by atoms with Crippen LogP contribution in [-0.4, -0.2) is 20.7 Å². The molecule has 0 radical (unpaired) electrons. The third kappa shape index (κ3) is 4.55. The van der Waals surface area contributed by atoms with Crippen molar-refractivity contribution >= 4 is 52.2 Å². The van der Waals surface area contributed by atoms with Gasteiger partial charge in [0.1, 0.15) is 0 Å². The van der Waals surface area contributed by atoms with E-state index in [1.54, 1.807) is 17.4 Å². The molecular formula is C16H14Cl2N4OS2. The number of carbonyl (C=O) groups excluding carboxylic acids is 1. The maximum absolute atomic E-state index is 11.2. The maximum atomic E-state index is 11.2. The summed E-state index contributed by atoms with van der Waals surface area (Å²) < 4.78 is 1.93. The summed E-state index contributed by atoms with van der Waals surface area (Å²) in [6.07, 6.45) is 0.233. The third-order valence-electron chi connectivity index (χ3n) is 3.39. The SMILES string of the molecule is NC(=O)CCn1c(SCc2ccc(Cl)c(Cl)c2)nnc1-c1cccs1. The van der Waals surface area contributed by atoms with Gasteiger partial charge >= 0.3 is 0 Å². The minimum Gasteiger partial charge on any atom is -0.370 e. The van der Waals surface area contributed by atoms with Crippen molar-refractivity contribution in [2.24, 2.45) is 5.73 Å². The number of aromatic nitrogens is 3. The summed E-state index contributed by atoms with van der Waals surface area (Å²) in [5, 5.41) is 12.3. The van der Waals surface area contributed by atoms with Crippen molar-refractivity contribution in [2.45, 2.75) is 23.9 Å². The van der Waals surface area contributed by atoms with Crippen molar-refractivity contribution in [3.05, 3.63) is 51.3 Å². The largest absolute Gasteiger partial charge is 0.370 e. The zero-order chi connectivity index (χ0) is 17.8. The van der Waals surface area contributed by atoms with E-state index in [9.17, 15) is 4.79 Å². The van der Waals surface area contributed by atoms with Gasteiger partial charge in [0.25, 0.3) is 0 Å². The van der Waals surface area contributed by atoms with Crippen molar-refractivity contribution in [3.63, 3.8) is 0 Å². The van der Waals surface area contributed by atoms with Gasteiger partial charge in [0, 0.05) is 18.7 Å². The number of primary amides is 1. The highest BCUT2D eigenvalue weighted by atomic mass is 35.5. The predicted molar refractivity (Wildman–Crippen MR) is 103 cm³/mol. The van der Waals surface area contributed by atoms with Crippen LogP contribution in [0.4, 0.5) is 0 Å². The second-order valence-electron chi connectivity index (χ2n) is 5.19. The Labute approximate surface area is 163 Å². The van der Waals surface area contributed by atoms with E-state index in [0.717, 1.165) is 21.4 Å². The summed E-state index contributed by atoms with van der Waals surface area (Å²) in [7, 11) is 0. The number of hydrogen-bond donors (Lipinski definition) is 1. The summed E-state index contributed by atoms with van der Waals surface area (Å²) >= 11 is 15.1. The first kappa shape index (κ1) is 18.3. The molecule has 0 aliphatic rings. The van der Waals surface area contributed by atoms with E-state index in [1.807, 2.05) is 34.2 Å². The average Bonchev–Trinajstić information content (AvgIpc) is 3.23. The van der Waals surface area contributed by atoms with Gasteiger partial charge in [0.2, 0.25) is 5.91 Å². The number of thiophene rings is 1. The van der Waals surface area contributed by atoms with Crippen LogP contribution >= 0.6 is 46.3 Å². The van der Waals surface area contributed by atoms with E-state index in [-0.39, 0.29) is 12.3 Å². The lowest BCUT2D eigenvalue weighted by Crippen LogP contribution is -2.14. The molecule has 2 N–H and O–H groups in total.